The summed E-state index contributed by atoms with van der Waals surface area (Å²) in [6, 6.07) is 0. The van der Waals surface area contributed by atoms with Gasteiger partial charge in [-0.3, -0.25) is 9.59 Å². The van der Waals surface area contributed by atoms with Gasteiger partial charge in [0.2, 0.25) is 0 Å². The smallest absolute Gasteiger partial charge is 0.319 e. The second kappa shape index (κ2) is 20.5. The number of aliphatic hydroxyl groups excluding tert-OH is 3. The molecule has 0 aromatic rings. The van der Waals surface area contributed by atoms with Crippen molar-refractivity contribution in [1.29, 1.82) is 0 Å². The van der Waals surface area contributed by atoms with E-state index in [-0.39, 0.29) is 55.1 Å². The van der Waals surface area contributed by atoms with Crippen LogP contribution in [0.25, 0.3) is 0 Å². The molecule has 47 heavy (non-hydrogen) atoms. The summed E-state index contributed by atoms with van der Waals surface area (Å²) in [7, 11) is 1.00. The molecule has 13 atom stereocenters. The van der Waals surface area contributed by atoms with Crippen LogP contribution in [0, 0.1) is 58.7 Å². The second-order valence-corrected chi connectivity index (χ2v) is 13.9. The Bertz CT molecular complexity index is 944. The van der Waals surface area contributed by atoms with Crippen LogP contribution >= 0.6 is 0 Å². The summed E-state index contributed by atoms with van der Waals surface area (Å²) in [5.41, 5.74) is -0.775. The third kappa shape index (κ3) is 9.81. The van der Waals surface area contributed by atoms with Crippen LogP contribution in [-0.2, 0) is 28.6 Å². The first-order chi connectivity index (χ1) is 20.6. The van der Waals surface area contributed by atoms with Gasteiger partial charge < -0.3 is 34.3 Å². The van der Waals surface area contributed by atoms with E-state index in [1.165, 1.54) is 25.7 Å². The zero-order valence-electron chi connectivity index (χ0n) is 26.9. The predicted molar refractivity (Wildman–Crippen MR) is 190 cm³/mol. The molecule has 6 rings (SSSR count). The van der Waals surface area contributed by atoms with E-state index in [1.807, 2.05) is 34.5 Å². The molecular formula is C38H74O9. The van der Waals surface area contributed by atoms with Gasteiger partial charge >= 0.3 is 11.9 Å². The van der Waals surface area contributed by atoms with Gasteiger partial charge in [0.1, 0.15) is 12.9 Å². The number of ether oxygens (including phenoxy) is 3. The summed E-state index contributed by atoms with van der Waals surface area (Å²) in [5, 5.41) is 25.5. The van der Waals surface area contributed by atoms with Crippen molar-refractivity contribution in [3.63, 3.8) is 0 Å². The largest absolute Gasteiger partial charge is 0.466 e. The normalized spacial score (nSPS) is 35.7. The lowest BCUT2D eigenvalue weighted by atomic mass is 9.70. The molecule has 9 nitrogen and oxygen atoms in total. The summed E-state index contributed by atoms with van der Waals surface area (Å²) in [6.07, 6.45) is 10.1. The van der Waals surface area contributed by atoms with E-state index in [0.29, 0.717) is 37.2 Å². The van der Waals surface area contributed by atoms with Crippen LogP contribution in [0.5, 0.6) is 0 Å². The average molecular weight is 675 g/mol. The van der Waals surface area contributed by atoms with E-state index in [9.17, 15) is 19.8 Å². The summed E-state index contributed by atoms with van der Waals surface area (Å²) in [5.74, 6) is 4.84. The first-order valence-corrected chi connectivity index (χ1v) is 16.4. The minimum absolute atomic E-state index is 0. The Hall–Kier alpha value is -1.97. The van der Waals surface area contributed by atoms with Crippen molar-refractivity contribution < 1.29 is 45.3 Å². The van der Waals surface area contributed by atoms with Crippen molar-refractivity contribution in [1.82, 2.24) is 0 Å². The van der Waals surface area contributed by atoms with E-state index < -0.39 is 23.6 Å². The van der Waals surface area contributed by atoms with Gasteiger partial charge in [0.05, 0.1) is 30.1 Å². The van der Waals surface area contributed by atoms with Crippen LogP contribution in [0.4, 0.5) is 0 Å². The lowest BCUT2D eigenvalue weighted by Gasteiger charge is -2.38. The standard InChI is InChI=1S/C25H38O5.C7H12O2.CH4O.CH2O.4CH4.H2/c1-6-25(5,24(27)29-15(4)28-7-2)13-14(3)23(26)30-20-12-18-11-19(20)22-17-9-8-16(10-17)21(18)22;8-6-4-1-2-5(3-4)7(6)9;2*1-2;;;;;/h14,16-22H,4,6-13H2,1-3,5H3;4-9H,1-3H2;2H,1H3;1H2;4*1H4;1H. The van der Waals surface area contributed by atoms with E-state index in [2.05, 4.69) is 6.58 Å². The SMILES string of the molecule is C.C.C.C.C=C(OCC)OC(=O)C(C)(CC)CC(C)C(=O)OC1CC2CC1C1C3CCC(C3)C21.C=O.CO.OC1C2CCC(C2)C1O.[HH]. The van der Waals surface area contributed by atoms with Crippen molar-refractivity contribution in [2.24, 2.45) is 58.7 Å². The number of esters is 2. The average Bonchev–Trinajstić information content (AvgIpc) is 3.86. The maximum Gasteiger partial charge on any atom is 0.319 e. The van der Waals surface area contributed by atoms with Crippen molar-refractivity contribution in [3.8, 4) is 0 Å². The van der Waals surface area contributed by atoms with Gasteiger partial charge in [-0.25, -0.2) is 0 Å². The summed E-state index contributed by atoms with van der Waals surface area (Å²) >= 11 is 0. The van der Waals surface area contributed by atoms with Gasteiger partial charge in [-0.05, 0) is 132 Å². The van der Waals surface area contributed by atoms with Crippen LogP contribution in [-0.4, -0.2) is 66.1 Å². The van der Waals surface area contributed by atoms with E-state index in [1.54, 1.807) is 0 Å². The third-order valence-corrected chi connectivity index (χ3v) is 11.7. The zero-order valence-corrected chi connectivity index (χ0v) is 26.9. The highest BCUT2D eigenvalue weighted by Gasteiger charge is 2.63. The van der Waals surface area contributed by atoms with E-state index >= 15 is 0 Å². The predicted octanol–water partition coefficient (Wildman–Crippen LogP) is 7.45. The summed E-state index contributed by atoms with van der Waals surface area (Å²) in [4.78, 5) is 33.6. The molecule has 0 radical (unpaired) electrons. The topological polar surface area (TPSA) is 140 Å². The molecule has 0 aliphatic heterocycles. The number of carbonyl (C=O) groups is 3. The quantitative estimate of drug-likeness (QED) is 0.129. The number of fused-ring (bicyclic) bond motifs is 11. The maximum absolute atomic E-state index is 13.0. The number of rotatable bonds is 9. The van der Waals surface area contributed by atoms with E-state index in [0.717, 1.165) is 62.4 Å². The van der Waals surface area contributed by atoms with Crippen molar-refractivity contribution >= 4 is 18.7 Å². The first kappa shape index (κ1) is 47.1. The Kier molecular flexibility index (Phi) is 20.6. The molecule has 280 valence electrons. The molecule has 0 spiro atoms. The molecule has 0 aromatic carbocycles. The molecule has 6 aliphatic carbocycles. The Morgan fingerprint density at radius 2 is 1.32 bits per heavy atom. The van der Waals surface area contributed by atoms with Gasteiger partial charge in [-0.15, -0.1) is 0 Å². The van der Waals surface area contributed by atoms with Crippen LogP contribution in [0.1, 0.15) is 123 Å². The third-order valence-electron chi connectivity index (χ3n) is 11.7. The molecule has 6 aliphatic rings. The number of hydrogen-bond donors (Lipinski definition) is 3. The van der Waals surface area contributed by atoms with Gasteiger partial charge in [-0.1, -0.05) is 43.6 Å². The first-order valence-electron chi connectivity index (χ1n) is 16.4. The van der Waals surface area contributed by atoms with Gasteiger partial charge in [-0.2, -0.15) is 0 Å². The Balaban J connectivity index is -0.000000960. The molecule has 6 fully saturated rings. The fourth-order valence-electron chi connectivity index (χ4n) is 9.68. The van der Waals surface area contributed by atoms with Crippen LogP contribution in [0.3, 0.4) is 0 Å². The van der Waals surface area contributed by atoms with Gasteiger partial charge in [0.25, 0.3) is 5.95 Å². The van der Waals surface area contributed by atoms with Gasteiger partial charge in [0, 0.05) is 8.54 Å². The molecule has 0 amide bonds. The monoisotopic (exact) mass is 675 g/mol. The highest BCUT2D eigenvalue weighted by Crippen LogP contribution is 2.67. The molecule has 0 saturated heterocycles. The van der Waals surface area contributed by atoms with Crippen LogP contribution in [0.2, 0.25) is 0 Å². The fourth-order valence-corrected chi connectivity index (χ4v) is 9.68. The zero-order chi connectivity index (χ0) is 32.1. The number of carbonyl (C=O) groups excluding carboxylic acids is 3. The van der Waals surface area contributed by atoms with Crippen LogP contribution < -0.4 is 0 Å². The summed E-state index contributed by atoms with van der Waals surface area (Å²) in [6.45, 7) is 13.5. The minimum atomic E-state index is -0.775. The van der Waals surface area contributed by atoms with Gasteiger partial charge in [0.15, 0.2) is 0 Å². The van der Waals surface area contributed by atoms with E-state index in [4.69, 9.17) is 24.1 Å². The van der Waals surface area contributed by atoms with Crippen molar-refractivity contribution in [3.05, 3.63) is 12.5 Å². The van der Waals surface area contributed by atoms with Crippen molar-refractivity contribution in [2.45, 2.75) is 140 Å². The number of hydrogen-bond acceptors (Lipinski definition) is 9. The number of aliphatic hydroxyl groups is 3. The lowest BCUT2D eigenvalue weighted by molar-refractivity contribution is -0.163. The minimum Gasteiger partial charge on any atom is -0.466 e. The maximum atomic E-state index is 13.0. The highest BCUT2D eigenvalue weighted by atomic mass is 16.7. The Labute approximate surface area is 288 Å². The highest BCUT2D eigenvalue weighted by molar-refractivity contribution is 5.79. The lowest BCUT2D eigenvalue weighted by Crippen LogP contribution is -2.39. The Morgan fingerprint density at radius 1 is 0.830 bits per heavy atom. The molecular weight excluding hydrogens is 600 g/mol. The van der Waals surface area contributed by atoms with Crippen LogP contribution in [0.15, 0.2) is 12.5 Å². The van der Waals surface area contributed by atoms with Crippen molar-refractivity contribution in [2.75, 3.05) is 13.7 Å². The second-order valence-electron chi connectivity index (χ2n) is 13.9. The fraction of sp³-hybridized carbons (Fsp3) is 0.868. The molecule has 0 heterocycles. The Morgan fingerprint density at radius 3 is 1.79 bits per heavy atom. The molecule has 6 bridgehead atoms. The molecule has 9 heteroatoms. The molecule has 3 N–H and O–H groups in total. The molecule has 6 saturated carbocycles. The molecule has 13 unspecified atom stereocenters. The molecule has 0 aromatic heterocycles. The summed E-state index contributed by atoms with van der Waals surface area (Å²) < 4.78 is 16.5.